The van der Waals surface area contributed by atoms with Crippen molar-refractivity contribution < 1.29 is 13.9 Å². The molecule has 0 aliphatic rings. The molecule has 0 atom stereocenters. The van der Waals surface area contributed by atoms with Crippen LogP contribution in [0.25, 0.3) is 21.9 Å². The molecule has 27 heavy (non-hydrogen) atoms. The van der Waals surface area contributed by atoms with E-state index >= 15 is 0 Å². The van der Waals surface area contributed by atoms with E-state index in [1.54, 1.807) is 30.3 Å². The van der Waals surface area contributed by atoms with Gasteiger partial charge in [-0.05, 0) is 30.3 Å². The normalized spacial score (nSPS) is 11.1. The number of anilines is 2. The number of fused-ring (bicyclic) bond motifs is 3. The van der Waals surface area contributed by atoms with Crippen LogP contribution in [0.3, 0.4) is 0 Å². The topological polar surface area (TPSA) is 90.4 Å². The van der Waals surface area contributed by atoms with Gasteiger partial charge in [-0.1, -0.05) is 23.2 Å². The zero-order chi connectivity index (χ0) is 19.1. The molecule has 0 aliphatic carbocycles. The Kier molecular flexibility index (Phi) is 4.30. The number of ether oxygens (including phenoxy) is 1. The Morgan fingerprint density at radius 2 is 1.93 bits per heavy atom. The van der Waals surface area contributed by atoms with Crippen molar-refractivity contribution >= 4 is 62.4 Å². The molecule has 0 unspecified atom stereocenters. The highest BCUT2D eigenvalue weighted by molar-refractivity contribution is 6.40. The van der Waals surface area contributed by atoms with Crippen LogP contribution in [-0.2, 0) is 0 Å². The van der Waals surface area contributed by atoms with Gasteiger partial charge in [0.25, 0.3) is 5.91 Å². The van der Waals surface area contributed by atoms with Gasteiger partial charge in [0.15, 0.2) is 11.3 Å². The number of pyridine rings is 1. The first kappa shape index (κ1) is 17.5. The Morgan fingerprint density at radius 3 is 2.63 bits per heavy atom. The predicted octanol–water partition coefficient (Wildman–Crippen LogP) is 5.13. The van der Waals surface area contributed by atoms with Crippen molar-refractivity contribution in [1.82, 2.24) is 4.98 Å². The summed E-state index contributed by atoms with van der Waals surface area (Å²) in [5.74, 6) is 0.110. The number of methoxy groups -OCH3 is 1. The maximum Gasteiger partial charge on any atom is 0.256 e. The molecule has 136 valence electrons. The van der Waals surface area contributed by atoms with Gasteiger partial charge in [-0.2, -0.15) is 0 Å². The fraction of sp³-hybridized carbons (Fsp3) is 0.0526. The number of benzene rings is 2. The number of nitrogens with one attached hydrogen (secondary N) is 1. The van der Waals surface area contributed by atoms with Gasteiger partial charge < -0.3 is 20.2 Å². The second-order valence-corrected chi connectivity index (χ2v) is 6.62. The average molecular weight is 402 g/mol. The molecule has 8 heteroatoms. The molecule has 6 nitrogen and oxygen atoms in total. The van der Waals surface area contributed by atoms with Gasteiger partial charge in [0.2, 0.25) is 0 Å². The summed E-state index contributed by atoms with van der Waals surface area (Å²) >= 11 is 12.2. The zero-order valence-electron chi connectivity index (χ0n) is 14.0. The average Bonchev–Trinajstić information content (AvgIpc) is 3.02. The first-order valence-corrected chi connectivity index (χ1v) is 8.64. The van der Waals surface area contributed by atoms with Crippen LogP contribution < -0.4 is 15.8 Å². The number of carbonyl (C=O) groups is 1. The van der Waals surface area contributed by atoms with Crippen molar-refractivity contribution in [2.24, 2.45) is 0 Å². The molecule has 0 saturated heterocycles. The third-order valence-electron chi connectivity index (χ3n) is 4.16. The molecule has 0 fully saturated rings. The monoisotopic (exact) mass is 401 g/mol. The second-order valence-electron chi connectivity index (χ2n) is 5.81. The van der Waals surface area contributed by atoms with E-state index in [1.807, 2.05) is 0 Å². The van der Waals surface area contributed by atoms with Gasteiger partial charge in [0, 0.05) is 28.9 Å². The number of hydrogen-bond acceptors (Lipinski definition) is 5. The summed E-state index contributed by atoms with van der Waals surface area (Å²) in [5, 5.41) is 4.51. The highest BCUT2D eigenvalue weighted by Gasteiger charge is 2.21. The first-order chi connectivity index (χ1) is 13.0. The van der Waals surface area contributed by atoms with E-state index in [1.165, 1.54) is 19.5 Å². The molecular formula is C19H13Cl2N3O3. The van der Waals surface area contributed by atoms with E-state index in [9.17, 15) is 4.79 Å². The smallest absolute Gasteiger partial charge is 0.256 e. The Balaban J connectivity index is 1.92. The van der Waals surface area contributed by atoms with Crippen molar-refractivity contribution in [1.29, 1.82) is 0 Å². The molecule has 0 radical (unpaired) electrons. The van der Waals surface area contributed by atoms with Crippen LogP contribution in [0.2, 0.25) is 10.0 Å². The largest absolute Gasteiger partial charge is 0.493 e. The lowest BCUT2D eigenvalue weighted by molar-refractivity contribution is 0.102. The fourth-order valence-electron chi connectivity index (χ4n) is 2.94. The molecule has 0 aliphatic heterocycles. The lowest BCUT2D eigenvalue weighted by atomic mass is 10.0. The fourth-order valence-corrected chi connectivity index (χ4v) is 3.39. The number of rotatable bonds is 3. The number of nitrogens with zero attached hydrogens (tertiary/aromatic N) is 1. The van der Waals surface area contributed by atoms with Crippen LogP contribution >= 0.6 is 23.2 Å². The van der Waals surface area contributed by atoms with Gasteiger partial charge in [0.05, 0.1) is 28.4 Å². The van der Waals surface area contributed by atoms with Crippen molar-refractivity contribution in [2.45, 2.75) is 0 Å². The van der Waals surface area contributed by atoms with Crippen LogP contribution in [0.1, 0.15) is 10.4 Å². The van der Waals surface area contributed by atoms with Gasteiger partial charge in [-0.15, -0.1) is 0 Å². The van der Waals surface area contributed by atoms with Crippen LogP contribution in [0, 0.1) is 0 Å². The molecule has 1 amide bonds. The number of furan rings is 1. The minimum atomic E-state index is -0.400. The number of carbonyl (C=O) groups excluding carboxylic acids is 1. The molecule has 0 bridgehead atoms. The number of aromatic nitrogens is 1. The summed E-state index contributed by atoms with van der Waals surface area (Å²) in [4.78, 5) is 16.9. The van der Waals surface area contributed by atoms with Crippen molar-refractivity contribution in [2.75, 3.05) is 18.2 Å². The maximum absolute atomic E-state index is 13.0. The summed E-state index contributed by atoms with van der Waals surface area (Å²) in [5.41, 5.74) is 8.19. The van der Waals surface area contributed by atoms with Crippen LogP contribution in [0.5, 0.6) is 5.75 Å². The van der Waals surface area contributed by atoms with E-state index in [4.69, 9.17) is 38.1 Å². The first-order valence-electron chi connectivity index (χ1n) is 7.88. The molecule has 2 heterocycles. The third-order valence-corrected chi connectivity index (χ3v) is 4.74. The summed E-state index contributed by atoms with van der Waals surface area (Å²) in [6.07, 6.45) is 2.81. The molecule has 4 aromatic rings. The number of nitrogens with two attached hydrogens (primary N) is 1. The molecule has 4 rings (SSSR count). The predicted molar refractivity (Wildman–Crippen MR) is 107 cm³/mol. The Bertz CT molecular complexity index is 1180. The quantitative estimate of drug-likeness (QED) is 0.464. The molecule has 0 spiro atoms. The third kappa shape index (κ3) is 2.93. The van der Waals surface area contributed by atoms with Gasteiger partial charge in [0.1, 0.15) is 5.58 Å². The summed E-state index contributed by atoms with van der Waals surface area (Å²) in [6.45, 7) is 0. The standard InChI is InChI=1S/C19H13Cl2N3O3/c1-26-15-5-3-10(19(25)24-17-12(20)7-23-8-13(17)21)16-11-6-9(22)2-4-14(11)27-18(15)16/h2-8H,22H2,1H3,(H,23,24,25). The number of halogens is 2. The van der Waals surface area contributed by atoms with E-state index in [0.717, 1.165) is 0 Å². The Labute approximate surface area is 163 Å². The van der Waals surface area contributed by atoms with Crippen LogP contribution in [-0.4, -0.2) is 18.0 Å². The summed E-state index contributed by atoms with van der Waals surface area (Å²) in [7, 11) is 1.53. The minimum Gasteiger partial charge on any atom is -0.493 e. The second kappa shape index (κ2) is 6.64. The van der Waals surface area contributed by atoms with Gasteiger partial charge in [-0.25, -0.2) is 0 Å². The summed E-state index contributed by atoms with van der Waals surface area (Å²) < 4.78 is 11.3. The van der Waals surface area contributed by atoms with E-state index in [-0.39, 0.29) is 15.7 Å². The highest BCUT2D eigenvalue weighted by Crippen LogP contribution is 2.38. The van der Waals surface area contributed by atoms with Crippen molar-refractivity contribution in [3.63, 3.8) is 0 Å². The molecule has 2 aromatic carbocycles. The molecule has 3 N–H and O–H groups in total. The Morgan fingerprint density at radius 1 is 1.19 bits per heavy atom. The van der Waals surface area contributed by atoms with Gasteiger partial charge >= 0.3 is 0 Å². The van der Waals surface area contributed by atoms with Crippen LogP contribution in [0.4, 0.5) is 11.4 Å². The van der Waals surface area contributed by atoms with E-state index in [0.29, 0.717) is 38.9 Å². The minimum absolute atomic E-state index is 0.238. The van der Waals surface area contributed by atoms with E-state index in [2.05, 4.69) is 10.3 Å². The van der Waals surface area contributed by atoms with Gasteiger partial charge in [-0.3, -0.25) is 9.78 Å². The SMILES string of the molecule is COc1ccc(C(=O)Nc2c(Cl)cncc2Cl)c2c1oc1ccc(N)cc12. The van der Waals surface area contributed by atoms with Crippen molar-refractivity contribution in [3.05, 3.63) is 58.3 Å². The zero-order valence-corrected chi connectivity index (χ0v) is 15.6. The lowest BCUT2D eigenvalue weighted by Gasteiger charge is -2.10. The summed E-state index contributed by atoms with van der Waals surface area (Å²) in [6, 6.07) is 8.55. The molecule has 2 aromatic heterocycles. The number of nitrogen functional groups attached to an aromatic ring is 1. The Hall–Kier alpha value is -2.96. The molecular weight excluding hydrogens is 389 g/mol. The number of hydrogen-bond donors (Lipinski definition) is 2. The highest BCUT2D eigenvalue weighted by atomic mass is 35.5. The van der Waals surface area contributed by atoms with Crippen molar-refractivity contribution in [3.8, 4) is 5.75 Å². The number of amides is 1. The molecule has 0 saturated carbocycles. The van der Waals surface area contributed by atoms with E-state index < -0.39 is 5.91 Å². The van der Waals surface area contributed by atoms with Crippen LogP contribution in [0.15, 0.2) is 47.1 Å². The maximum atomic E-state index is 13.0. The lowest BCUT2D eigenvalue weighted by Crippen LogP contribution is -2.13.